The molecule has 1 aliphatic carbocycles. The summed E-state index contributed by atoms with van der Waals surface area (Å²) in [6.07, 6.45) is 5.05. The van der Waals surface area contributed by atoms with Gasteiger partial charge in [0.15, 0.2) is 5.75 Å². The lowest BCUT2D eigenvalue weighted by atomic mass is 9.67. The van der Waals surface area contributed by atoms with Gasteiger partial charge in [0.25, 0.3) is 0 Å². The number of pyridine rings is 1. The Morgan fingerprint density at radius 2 is 1.92 bits per heavy atom. The minimum atomic E-state index is -3.00. The Hall–Kier alpha value is -3.73. The van der Waals surface area contributed by atoms with Crippen molar-refractivity contribution in [3.63, 3.8) is 0 Å². The topological polar surface area (TPSA) is 95.7 Å². The van der Waals surface area contributed by atoms with Crippen molar-refractivity contribution >= 4 is 34.5 Å². The molecule has 0 amide bonds. The van der Waals surface area contributed by atoms with Gasteiger partial charge < -0.3 is 30.5 Å². The van der Waals surface area contributed by atoms with Crippen LogP contribution >= 0.6 is 0 Å². The first-order chi connectivity index (χ1) is 18.1. The Kier molecular flexibility index (Phi) is 6.95. The Labute approximate surface area is 221 Å². The van der Waals surface area contributed by atoms with Gasteiger partial charge in [0.2, 0.25) is 5.95 Å². The highest BCUT2D eigenvalue weighted by molar-refractivity contribution is 5.79. The monoisotopic (exact) mass is 524 g/mol. The number of benzene rings is 1. The molecule has 1 aliphatic heterocycles. The van der Waals surface area contributed by atoms with E-state index in [0.29, 0.717) is 23.7 Å². The van der Waals surface area contributed by atoms with Crippen molar-refractivity contribution in [3.8, 4) is 5.75 Å². The minimum absolute atomic E-state index is 0.0329. The van der Waals surface area contributed by atoms with E-state index in [0.717, 1.165) is 43.0 Å². The molecule has 9 nitrogen and oxygen atoms in total. The number of alkyl halides is 2. The maximum Gasteiger partial charge on any atom is 0.387 e. The Balaban J connectivity index is 1.43. The van der Waals surface area contributed by atoms with Gasteiger partial charge >= 0.3 is 6.61 Å². The summed E-state index contributed by atoms with van der Waals surface area (Å²) in [5.74, 6) is 0.933. The second-order valence-corrected chi connectivity index (χ2v) is 10.4. The summed E-state index contributed by atoms with van der Waals surface area (Å²) in [4.78, 5) is 20.1. The second kappa shape index (κ2) is 10.2. The zero-order valence-corrected chi connectivity index (χ0v) is 22.2. The number of halogens is 2. The van der Waals surface area contributed by atoms with Crippen molar-refractivity contribution in [2.75, 3.05) is 61.6 Å². The number of nitrogens with zero attached hydrogens (tertiary/aromatic N) is 6. The fraction of sp³-hybridized carbons (Fsp3) is 0.444. The molecule has 2 aromatic heterocycles. The molecule has 2 aliphatic rings. The predicted molar refractivity (Wildman–Crippen MR) is 146 cm³/mol. The van der Waals surface area contributed by atoms with Gasteiger partial charge in [-0.3, -0.25) is 4.98 Å². The molecule has 1 aromatic carbocycles. The molecule has 1 fully saturated rings. The molecule has 0 atom stereocenters. The largest absolute Gasteiger partial charge is 0.433 e. The highest BCUT2D eigenvalue weighted by Gasteiger charge is 2.49. The van der Waals surface area contributed by atoms with E-state index in [9.17, 15) is 8.78 Å². The number of rotatable bonds is 9. The van der Waals surface area contributed by atoms with Crippen molar-refractivity contribution in [1.82, 2.24) is 19.9 Å². The number of likely N-dealkylation sites (N-methyl/N-ethyl adjacent to an activating group) is 2. The summed E-state index contributed by atoms with van der Waals surface area (Å²) in [5.41, 5.74) is 10.9. The summed E-state index contributed by atoms with van der Waals surface area (Å²) < 4.78 is 31.5. The number of anilines is 6. The van der Waals surface area contributed by atoms with Gasteiger partial charge in [-0.1, -0.05) is 6.42 Å². The van der Waals surface area contributed by atoms with E-state index in [2.05, 4.69) is 21.3 Å². The number of aromatic nitrogens is 3. The first kappa shape index (κ1) is 25.9. The van der Waals surface area contributed by atoms with E-state index in [1.807, 2.05) is 50.0 Å². The lowest BCUT2D eigenvalue weighted by molar-refractivity contribution is -0.0493. The highest BCUT2D eigenvalue weighted by Crippen LogP contribution is 2.53. The van der Waals surface area contributed by atoms with E-state index in [4.69, 9.17) is 20.4 Å². The quantitative estimate of drug-likeness (QED) is 0.387. The van der Waals surface area contributed by atoms with E-state index in [1.54, 1.807) is 12.3 Å². The van der Waals surface area contributed by atoms with Crippen LogP contribution in [-0.2, 0) is 5.41 Å². The SMILES string of the molecule is Cc1ccc2c(n1)C1(CCC1)CN2c1ccnc(Nc2cc(N)c(N(C)CCN(C)C)cc2OC(F)F)n1. The van der Waals surface area contributed by atoms with Crippen LogP contribution in [0.2, 0.25) is 0 Å². The number of nitrogens with two attached hydrogens (primary N) is 1. The number of hydrogen-bond donors (Lipinski definition) is 2. The first-order valence-electron chi connectivity index (χ1n) is 12.8. The molecular weight excluding hydrogens is 490 g/mol. The van der Waals surface area contributed by atoms with Crippen LogP contribution in [0.15, 0.2) is 36.5 Å². The van der Waals surface area contributed by atoms with Gasteiger partial charge in [-0.2, -0.15) is 13.8 Å². The van der Waals surface area contributed by atoms with Crippen LogP contribution in [0.4, 0.5) is 43.3 Å². The standard InChI is InChI=1S/C27H34F2N8O/c1-17-6-7-20-24(32-17)27(9-5-10-27)16-37(20)23-8-11-31-26(34-23)33-19-14-18(30)21(15-22(19)38-25(28)29)36(4)13-12-35(2)3/h6-8,11,14-15,25H,5,9-10,12-13,16,30H2,1-4H3,(H,31,33,34). The average molecular weight is 525 g/mol. The molecule has 11 heteroatoms. The summed E-state index contributed by atoms with van der Waals surface area (Å²) in [6, 6.07) is 9.06. The van der Waals surface area contributed by atoms with Gasteiger partial charge in [0.05, 0.1) is 28.4 Å². The third kappa shape index (κ3) is 5.02. The average Bonchev–Trinajstić information content (AvgIpc) is 3.19. The maximum absolute atomic E-state index is 13.3. The normalized spacial score (nSPS) is 15.6. The van der Waals surface area contributed by atoms with Crippen LogP contribution in [0, 0.1) is 6.92 Å². The van der Waals surface area contributed by atoms with E-state index >= 15 is 0 Å². The summed E-state index contributed by atoms with van der Waals surface area (Å²) in [7, 11) is 5.79. The molecule has 5 rings (SSSR count). The molecule has 0 bridgehead atoms. The molecule has 0 unspecified atom stereocenters. The van der Waals surface area contributed by atoms with Gasteiger partial charge in [0.1, 0.15) is 5.82 Å². The van der Waals surface area contributed by atoms with Crippen molar-refractivity contribution in [2.24, 2.45) is 0 Å². The number of nitrogens with one attached hydrogen (secondary N) is 1. The predicted octanol–water partition coefficient (Wildman–Crippen LogP) is 4.68. The molecule has 3 aromatic rings. The number of hydrogen-bond acceptors (Lipinski definition) is 9. The Morgan fingerprint density at radius 1 is 1.13 bits per heavy atom. The number of aryl methyl sites for hydroxylation is 1. The van der Waals surface area contributed by atoms with Crippen LogP contribution in [-0.4, -0.2) is 67.2 Å². The lowest BCUT2D eigenvalue weighted by Gasteiger charge is -2.38. The maximum atomic E-state index is 13.3. The zero-order chi connectivity index (χ0) is 27.0. The van der Waals surface area contributed by atoms with Crippen molar-refractivity contribution < 1.29 is 13.5 Å². The number of nitrogen functional groups attached to an aromatic ring is 1. The molecule has 38 heavy (non-hydrogen) atoms. The molecule has 1 saturated carbocycles. The molecule has 0 radical (unpaired) electrons. The number of ether oxygens (including phenoxy) is 1. The van der Waals surface area contributed by atoms with Crippen LogP contribution in [0.3, 0.4) is 0 Å². The molecule has 3 heterocycles. The first-order valence-corrected chi connectivity index (χ1v) is 12.8. The Bertz CT molecular complexity index is 1310. The van der Waals surface area contributed by atoms with Gasteiger partial charge in [-0.25, -0.2) is 4.98 Å². The van der Waals surface area contributed by atoms with Gasteiger partial charge in [-0.15, -0.1) is 0 Å². The third-order valence-corrected chi connectivity index (χ3v) is 7.38. The van der Waals surface area contributed by atoms with Crippen molar-refractivity contribution in [1.29, 1.82) is 0 Å². The van der Waals surface area contributed by atoms with Crippen LogP contribution < -0.4 is 25.6 Å². The molecular formula is C27H34F2N8O. The van der Waals surface area contributed by atoms with Crippen molar-refractivity contribution in [2.45, 2.75) is 38.2 Å². The highest BCUT2D eigenvalue weighted by atomic mass is 19.3. The lowest BCUT2D eigenvalue weighted by Crippen LogP contribution is -2.38. The van der Waals surface area contributed by atoms with Crippen LogP contribution in [0.25, 0.3) is 0 Å². The molecule has 0 saturated heterocycles. The number of fused-ring (bicyclic) bond motifs is 2. The fourth-order valence-electron chi connectivity index (χ4n) is 5.18. The summed E-state index contributed by atoms with van der Waals surface area (Å²) in [5, 5.41) is 3.05. The Morgan fingerprint density at radius 3 is 2.61 bits per heavy atom. The molecule has 1 spiro atoms. The van der Waals surface area contributed by atoms with E-state index in [1.165, 1.54) is 12.5 Å². The smallest absolute Gasteiger partial charge is 0.387 e. The van der Waals surface area contributed by atoms with E-state index < -0.39 is 6.61 Å². The summed E-state index contributed by atoms with van der Waals surface area (Å²) >= 11 is 0. The van der Waals surface area contributed by atoms with Crippen molar-refractivity contribution in [3.05, 3.63) is 47.9 Å². The fourth-order valence-corrected chi connectivity index (χ4v) is 5.18. The third-order valence-electron chi connectivity index (χ3n) is 7.38. The van der Waals surface area contributed by atoms with Gasteiger partial charge in [-0.05, 0) is 58.1 Å². The minimum Gasteiger partial charge on any atom is -0.433 e. The van der Waals surface area contributed by atoms with Gasteiger partial charge in [0, 0.05) is 50.1 Å². The zero-order valence-electron chi connectivity index (χ0n) is 22.2. The second-order valence-electron chi connectivity index (χ2n) is 10.4. The van der Waals surface area contributed by atoms with Crippen LogP contribution in [0.5, 0.6) is 5.75 Å². The van der Waals surface area contributed by atoms with E-state index in [-0.39, 0.29) is 22.8 Å². The molecule has 202 valence electrons. The molecule has 3 N–H and O–H groups in total. The summed E-state index contributed by atoms with van der Waals surface area (Å²) in [6.45, 7) is 1.25. The van der Waals surface area contributed by atoms with Crippen LogP contribution in [0.1, 0.15) is 30.7 Å².